The number of halogens is 1. The quantitative estimate of drug-likeness (QED) is 0.829. The normalized spacial score (nSPS) is 13.4. The summed E-state index contributed by atoms with van der Waals surface area (Å²) >= 11 is 0. The second-order valence-corrected chi connectivity index (χ2v) is 5.51. The fourth-order valence-electron chi connectivity index (χ4n) is 1.65. The molecule has 1 rings (SSSR count). The molecule has 0 spiro atoms. The lowest BCUT2D eigenvalue weighted by Crippen LogP contribution is -2.31. The minimum absolute atomic E-state index is 0.00160. The van der Waals surface area contributed by atoms with Crippen LogP contribution in [0.5, 0.6) is 5.75 Å². The summed E-state index contributed by atoms with van der Waals surface area (Å²) in [6.45, 7) is 9.43. The SMILES string of the molecule is CCC(C)(C)CNC(C)c1ccc(OC)cc1F. The van der Waals surface area contributed by atoms with Gasteiger partial charge in [-0.3, -0.25) is 0 Å². The largest absolute Gasteiger partial charge is 0.497 e. The third kappa shape index (κ3) is 3.98. The molecular formula is C15H24FNO. The Labute approximate surface area is 110 Å². The summed E-state index contributed by atoms with van der Waals surface area (Å²) in [5.41, 5.74) is 0.916. The zero-order chi connectivity index (χ0) is 13.8. The topological polar surface area (TPSA) is 21.3 Å². The van der Waals surface area contributed by atoms with Crippen LogP contribution in [0.1, 0.15) is 45.7 Å². The number of rotatable bonds is 6. The highest BCUT2D eigenvalue weighted by atomic mass is 19.1. The number of hydrogen-bond acceptors (Lipinski definition) is 2. The summed E-state index contributed by atoms with van der Waals surface area (Å²) in [4.78, 5) is 0. The molecule has 0 aliphatic carbocycles. The molecule has 0 fully saturated rings. The van der Waals surface area contributed by atoms with E-state index in [2.05, 4.69) is 26.1 Å². The molecule has 0 bridgehead atoms. The highest BCUT2D eigenvalue weighted by Crippen LogP contribution is 2.24. The Morgan fingerprint density at radius 1 is 1.39 bits per heavy atom. The maximum absolute atomic E-state index is 13.9. The van der Waals surface area contributed by atoms with Crippen LogP contribution in [0.15, 0.2) is 18.2 Å². The zero-order valence-electron chi connectivity index (χ0n) is 12.0. The van der Waals surface area contributed by atoms with Crippen molar-refractivity contribution < 1.29 is 9.13 Å². The van der Waals surface area contributed by atoms with Crippen LogP contribution in [-0.4, -0.2) is 13.7 Å². The summed E-state index contributed by atoms with van der Waals surface area (Å²) < 4.78 is 18.9. The molecule has 0 aliphatic rings. The van der Waals surface area contributed by atoms with Crippen molar-refractivity contribution in [2.24, 2.45) is 5.41 Å². The summed E-state index contributed by atoms with van der Waals surface area (Å²) in [5, 5.41) is 3.39. The van der Waals surface area contributed by atoms with E-state index < -0.39 is 0 Å². The lowest BCUT2D eigenvalue weighted by molar-refractivity contribution is 0.312. The van der Waals surface area contributed by atoms with Crippen LogP contribution >= 0.6 is 0 Å². The van der Waals surface area contributed by atoms with E-state index in [1.807, 2.05) is 6.92 Å². The average Bonchev–Trinajstić information content (AvgIpc) is 2.36. The minimum atomic E-state index is -0.219. The molecule has 1 aromatic rings. The van der Waals surface area contributed by atoms with Gasteiger partial charge in [-0.05, 0) is 24.8 Å². The lowest BCUT2D eigenvalue weighted by Gasteiger charge is -2.26. The van der Waals surface area contributed by atoms with Gasteiger partial charge in [0.25, 0.3) is 0 Å². The Bertz CT molecular complexity index is 390. The Hall–Kier alpha value is -1.09. The predicted octanol–water partition coefficient (Wildman–Crippen LogP) is 3.92. The van der Waals surface area contributed by atoms with Crippen LogP contribution in [0, 0.1) is 11.2 Å². The molecule has 1 N–H and O–H groups in total. The second-order valence-electron chi connectivity index (χ2n) is 5.51. The third-order valence-corrected chi connectivity index (χ3v) is 3.52. The van der Waals surface area contributed by atoms with Gasteiger partial charge in [0, 0.05) is 24.2 Å². The molecule has 3 heteroatoms. The van der Waals surface area contributed by atoms with E-state index in [1.54, 1.807) is 19.2 Å². The van der Waals surface area contributed by atoms with Gasteiger partial charge in [-0.1, -0.05) is 26.8 Å². The van der Waals surface area contributed by atoms with Gasteiger partial charge in [-0.25, -0.2) is 4.39 Å². The van der Waals surface area contributed by atoms with E-state index in [0.29, 0.717) is 11.3 Å². The van der Waals surface area contributed by atoms with Gasteiger partial charge in [-0.15, -0.1) is 0 Å². The predicted molar refractivity (Wildman–Crippen MR) is 73.4 cm³/mol. The molecule has 18 heavy (non-hydrogen) atoms. The molecule has 2 nitrogen and oxygen atoms in total. The Balaban J connectivity index is 2.70. The van der Waals surface area contributed by atoms with Crippen LogP contribution < -0.4 is 10.1 Å². The standard InChI is InChI=1S/C15H24FNO/c1-6-15(3,4)10-17-11(2)13-8-7-12(18-5)9-14(13)16/h7-9,11,17H,6,10H2,1-5H3. The minimum Gasteiger partial charge on any atom is -0.497 e. The Morgan fingerprint density at radius 3 is 2.56 bits per heavy atom. The van der Waals surface area contributed by atoms with Crippen molar-refractivity contribution in [3.05, 3.63) is 29.6 Å². The molecule has 1 unspecified atom stereocenters. The van der Waals surface area contributed by atoms with Gasteiger partial charge < -0.3 is 10.1 Å². The van der Waals surface area contributed by atoms with Crippen LogP contribution in [0.4, 0.5) is 4.39 Å². The molecule has 1 atom stereocenters. The second kappa shape index (κ2) is 6.19. The van der Waals surface area contributed by atoms with Crippen molar-refractivity contribution in [1.82, 2.24) is 5.32 Å². The Kier molecular flexibility index (Phi) is 5.15. The van der Waals surface area contributed by atoms with Crippen LogP contribution in [-0.2, 0) is 0 Å². The van der Waals surface area contributed by atoms with Crippen LogP contribution in [0.3, 0.4) is 0 Å². The van der Waals surface area contributed by atoms with E-state index in [9.17, 15) is 4.39 Å². The first kappa shape index (κ1) is 15.0. The number of hydrogen-bond donors (Lipinski definition) is 1. The first-order valence-electron chi connectivity index (χ1n) is 6.46. The molecule has 0 aromatic heterocycles. The zero-order valence-corrected chi connectivity index (χ0v) is 12.0. The van der Waals surface area contributed by atoms with Crippen LogP contribution in [0.2, 0.25) is 0 Å². The molecule has 0 aliphatic heterocycles. The molecule has 0 heterocycles. The highest BCUT2D eigenvalue weighted by Gasteiger charge is 2.18. The Morgan fingerprint density at radius 2 is 2.06 bits per heavy atom. The highest BCUT2D eigenvalue weighted by molar-refractivity contribution is 5.30. The van der Waals surface area contributed by atoms with Gasteiger partial charge in [0.2, 0.25) is 0 Å². The molecule has 0 saturated heterocycles. The lowest BCUT2D eigenvalue weighted by atomic mass is 9.90. The van der Waals surface area contributed by atoms with Gasteiger partial charge >= 0.3 is 0 Å². The van der Waals surface area contributed by atoms with Gasteiger partial charge in [-0.2, -0.15) is 0 Å². The number of nitrogens with one attached hydrogen (secondary N) is 1. The van der Waals surface area contributed by atoms with Gasteiger partial charge in [0.05, 0.1) is 7.11 Å². The van der Waals surface area contributed by atoms with Crippen molar-refractivity contribution in [1.29, 1.82) is 0 Å². The molecular weight excluding hydrogens is 229 g/mol. The van der Waals surface area contributed by atoms with Gasteiger partial charge in [0.15, 0.2) is 0 Å². The summed E-state index contributed by atoms with van der Waals surface area (Å²) in [6, 6.07) is 5.01. The van der Waals surface area contributed by atoms with Crippen molar-refractivity contribution >= 4 is 0 Å². The maximum atomic E-state index is 13.9. The molecule has 0 amide bonds. The average molecular weight is 253 g/mol. The van der Waals surface area contributed by atoms with E-state index in [-0.39, 0.29) is 17.3 Å². The molecule has 102 valence electrons. The number of methoxy groups -OCH3 is 1. The fourth-order valence-corrected chi connectivity index (χ4v) is 1.65. The molecule has 0 radical (unpaired) electrons. The summed E-state index contributed by atoms with van der Waals surface area (Å²) in [6.07, 6.45) is 1.10. The van der Waals surface area contributed by atoms with E-state index >= 15 is 0 Å². The van der Waals surface area contributed by atoms with Crippen LogP contribution in [0.25, 0.3) is 0 Å². The summed E-state index contributed by atoms with van der Waals surface area (Å²) in [5.74, 6) is 0.334. The fraction of sp³-hybridized carbons (Fsp3) is 0.600. The first-order chi connectivity index (χ1) is 8.39. The third-order valence-electron chi connectivity index (χ3n) is 3.52. The molecule has 1 aromatic carbocycles. The van der Waals surface area contributed by atoms with E-state index in [4.69, 9.17) is 4.74 Å². The first-order valence-corrected chi connectivity index (χ1v) is 6.46. The van der Waals surface area contributed by atoms with Crippen molar-refractivity contribution in [3.63, 3.8) is 0 Å². The van der Waals surface area contributed by atoms with Crippen molar-refractivity contribution in [2.75, 3.05) is 13.7 Å². The number of ether oxygens (including phenoxy) is 1. The number of benzene rings is 1. The van der Waals surface area contributed by atoms with E-state index in [0.717, 1.165) is 13.0 Å². The smallest absolute Gasteiger partial charge is 0.131 e. The van der Waals surface area contributed by atoms with Crippen molar-refractivity contribution in [2.45, 2.75) is 40.2 Å². The monoisotopic (exact) mass is 253 g/mol. The summed E-state index contributed by atoms with van der Waals surface area (Å²) in [7, 11) is 1.54. The van der Waals surface area contributed by atoms with Gasteiger partial charge in [0.1, 0.15) is 11.6 Å². The maximum Gasteiger partial charge on any atom is 0.131 e. The van der Waals surface area contributed by atoms with Crippen molar-refractivity contribution in [3.8, 4) is 5.75 Å². The molecule has 0 saturated carbocycles. The van der Waals surface area contributed by atoms with E-state index in [1.165, 1.54) is 6.07 Å².